The summed E-state index contributed by atoms with van der Waals surface area (Å²) in [4.78, 5) is 12.0. The zero-order valence-electron chi connectivity index (χ0n) is 10.9. The Balaban J connectivity index is 2.04. The Morgan fingerprint density at radius 2 is 1.84 bits per heavy atom. The van der Waals surface area contributed by atoms with E-state index in [-0.39, 0.29) is 18.2 Å². The number of rotatable bonds is 4. The largest absolute Gasteiger partial charge is 0.485 e. The first kappa shape index (κ1) is 13.3. The van der Waals surface area contributed by atoms with Crippen molar-refractivity contribution in [2.24, 2.45) is 0 Å². The van der Waals surface area contributed by atoms with Crippen LogP contribution >= 0.6 is 0 Å². The minimum absolute atomic E-state index is 0.0899. The molecule has 2 aromatic carbocycles. The van der Waals surface area contributed by atoms with Crippen LogP contribution in [-0.4, -0.2) is 12.4 Å². The second-order valence-corrected chi connectivity index (χ2v) is 4.44. The molecule has 0 saturated heterocycles. The van der Waals surface area contributed by atoms with Crippen LogP contribution in [0.1, 0.15) is 21.5 Å². The van der Waals surface area contributed by atoms with Gasteiger partial charge in [-0.05, 0) is 31.0 Å². The number of halogens is 1. The molecule has 98 valence electrons. The summed E-state index contributed by atoms with van der Waals surface area (Å²) in [5, 5.41) is 0. The quantitative estimate of drug-likeness (QED) is 0.781. The number of carbonyl (C=O) groups is 1. The topological polar surface area (TPSA) is 26.3 Å². The van der Waals surface area contributed by atoms with Crippen molar-refractivity contribution in [2.45, 2.75) is 13.8 Å². The van der Waals surface area contributed by atoms with E-state index in [1.807, 2.05) is 25.1 Å². The number of hydrogen-bond donors (Lipinski definition) is 0. The maximum absolute atomic E-state index is 13.3. The molecule has 2 rings (SSSR count). The summed E-state index contributed by atoms with van der Waals surface area (Å²) in [6, 6.07) is 11.9. The smallest absolute Gasteiger partial charge is 0.200 e. The van der Waals surface area contributed by atoms with Gasteiger partial charge in [0.25, 0.3) is 0 Å². The Hall–Kier alpha value is -2.16. The Morgan fingerprint density at radius 3 is 2.53 bits per heavy atom. The van der Waals surface area contributed by atoms with E-state index in [0.29, 0.717) is 16.9 Å². The lowest BCUT2D eigenvalue weighted by molar-refractivity contribution is 0.0920. The number of benzene rings is 2. The molecule has 0 aromatic heterocycles. The SMILES string of the molecule is Cc1ccc(OCC(=O)c2ccccc2C)cc1F. The van der Waals surface area contributed by atoms with E-state index < -0.39 is 0 Å². The van der Waals surface area contributed by atoms with Crippen LogP contribution in [0.3, 0.4) is 0 Å². The first-order valence-corrected chi connectivity index (χ1v) is 6.05. The second kappa shape index (κ2) is 5.65. The van der Waals surface area contributed by atoms with Crippen molar-refractivity contribution in [1.29, 1.82) is 0 Å². The van der Waals surface area contributed by atoms with Crippen molar-refractivity contribution in [3.8, 4) is 5.75 Å². The fourth-order valence-electron chi connectivity index (χ4n) is 1.78. The lowest BCUT2D eigenvalue weighted by Gasteiger charge is -2.08. The number of carbonyl (C=O) groups excluding carboxylic acids is 1. The molecular formula is C16H15FO2. The number of ether oxygens (including phenoxy) is 1. The molecule has 0 aliphatic rings. The molecule has 0 N–H and O–H groups in total. The summed E-state index contributed by atoms with van der Waals surface area (Å²) in [5.74, 6) is -0.0787. The molecule has 0 fully saturated rings. The van der Waals surface area contributed by atoms with Gasteiger partial charge in [0.2, 0.25) is 0 Å². The van der Waals surface area contributed by atoms with Gasteiger partial charge < -0.3 is 4.74 Å². The molecule has 0 amide bonds. The predicted molar refractivity (Wildman–Crippen MR) is 72.1 cm³/mol. The average Bonchev–Trinajstić information content (AvgIpc) is 2.40. The Kier molecular flexibility index (Phi) is 3.95. The van der Waals surface area contributed by atoms with Crippen molar-refractivity contribution < 1.29 is 13.9 Å². The monoisotopic (exact) mass is 258 g/mol. The average molecular weight is 258 g/mol. The third-order valence-corrected chi connectivity index (χ3v) is 2.96. The van der Waals surface area contributed by atoms with Crippen LogP contribution in [0.15, 0.2) is 42.5 Å². The molecule has 0 radical (unpaired) electrons. The second-order valence-electron chi connectivity index (χ2n) is 4.44. The molecule has 0 saturated carbocycles. The van der Waals surface area contributed by atoms with Crippen molar-refractivity contribution in [3.05, 3.63) is 65.0 Å². The molecule has 2 aromatic rings. The summed E-state index contributed by atoms with van der Waals surface area (Å²) in [5.41, 5.74) is 2.10. The van der Waals surface area contributed by atoms with E-state index in [0.717, 1.165) is 5.56 Å². The predicted octanol–water partition coefficient (Wildman–Crippen LogP) is 3.70. The molecule has 0 unspecified atom stereocenters. The molecule has 2 nitrogen and oxygen atoms in total. The summed E-state index contributed by atoms with van der Waals surface area (Å²) >= 11 is 0. The zero-order valence-corrected chi connectivity index (χ0v) is 10.9. The van der Waals surface area contributed by atoms with Gasteiger partial charge in [-0.1, -0.05) is 30.3 Å². The fourth-order valence-corrected chi connectivity index (χ4v) is 1.78. The molecule has 19 heavy (non-hydrogen) atoms. The minimum atomic E-state index is -0.333. The zero-order chi connectivity index (χ0) is 13.8. The molecule has 0 heterocycles. The van der Waals surface area contributed by atoms with Crippen LogP contribution in [0, 0.1) is 19.7 Å². The van der Waals surface area contributed by atoms with Gasteiger partial charge in [0.1, 0.15) is 11.6 Å². The van der Waals surface area contributed by atoms with E-state index in [1.54, 1.807) is 25.1 Å². The van der Waals surface area contributed by atoms with Gasteiger partial charge in [-0.25, -0.2) is 4.39 Å². The van der Waals surface area contributed by atoms with Crippen molar-refractivity contribution in [1.82, 2.24) is 0 Å². The molecule has 3 heteroatoms. The Morgan fingerprint density at radius 1 is 1.11 bits per heavy atom. The van der Waals surface area contributed by atoms with Gasteiger partial charge in [0.15, 0.2) is 12.4 Å². The van der Waals surface area contributed by atoms with E-state index in [4.69, 9.17) is 4.74 Å². The van der Waals surface area contributed by atoms with Gasteiger partial charge in [0.05, 0.1) is 0 Å². The number of Topliss-reactive ketones (excluding diaryl/α,β-unsaturated/α-hetero) is 1. The first-order chi connectivity index (χ1) is 9.08. The van der Waals surface area contributed by atoms with Crippen LogP contribution in [0.2, 0.25) is 0 Å². The highest BCUT2D eigenvalue weighted by Crippen LogP contribution is 2.16. The first-order valence-electron chi connectivity index (χ1n) is 6.05. The van der Waals surface area contributed by atoms with Gasteiger partial charge in [-0.15, -0.1) is 0 Å². The van der Waals surface area contributed by atoms with Gasteiger partial charge in [0, 0.05) is 11.6 Å². The van der Waals surface area contributed by atoms with Crippen LogP contribution in [0.4, 0.5) is 4.39 Å². The molecule has 0 aliphatic carbocycles. The lowest BCUT2D eigenvalue weighted by Crippen LogP contribution is -2.12. The highest BCUT2D eigenvalue weighted by molar-refractivity contribution is 5.98. The third kappa shape index (κ3) is 3.19. The summed E-state index contributed by atoms with van der Waals surface area (Å²) in [7, 11) is 0. The Labute approximate surface area is 111 Å². The maximum atomic E-state index is 13.3. The van der Waals surface area contributed by atoms with Crippen LogP contribution < -0.4 is 4.74 Å². The lowest BCUT2D eigenvalue weighted by atomic mass is 10.1. The molecule has 0 atom stereocenters. The van der Waals surface area contributed by atoms with Crippen molar-refractivity contribution in [2.75, 3.05) is 6.61 Å². The van der Waals surface area contributed by atoms with Crippen molar-refractivity contribution in [3.63, 3.8) is 0 Å². The summed E-state index contributed by atoms with van der Waals surface area (Å²) < 4.78 is 18.6. The van der Waals surface area contributed by atoms with Gasteiger partial charge in [-0.2, -0.15) is 0 Å². The van der Waals surface area contributed by atoms with Crippen LogP contribution in [-0.2, 0) is 0 Å². The maximum Gasteiger partial charge on any atom is 0.200 e. The fraction of sp³-hybridized carbons (Fsp3) is 0.188. The standard InChI is InChI=1S/C16H15FO2/c1-11-5-3-4-6-14(11)16(18)10-19-13-8-7-12(2)15(17)9-13/h3-9H,10H2,1-2H3. The van der Waals surface area contributed by atoms with E-state index in [2.05, 4.69) is 0 Å². The minimum Gasteiger partial charge on any atom is -0.485 e. The number of aryl methyl sites for hydroxylation is 2. The summed E-state index contributed by atoms with van der Waals surface area (Å²) in [6.07, 6.45) is 0. The normalized spacial score (nSPS) is 10.3. The van der Waals surface area contributed by atoms with Crippen LogP contribution in [0.5, 0.6) is 5.75 Å². The molecule has 0 aliphatic heterocycles. The third-order valence-electron chi connectivity index (χ3n) is 2.96. The van der Waals surface area contributed by atoms with Gasteiger partial charge >= 0.3 is 0 Å². The molecule has 0 spiro atoms. The van der Waals surface area contributed by atoms with Crippen LogP contribution in [0.25, 0.3) is 0 Å². The van der Waals surface area contributed by atoms with E-state index in [1.165, 1.54) is 6.07 Å². The van der Waals surface area contributed by atoms with E-state index >= 15 is 0 Å². The molecule has 0 bridgehead atoms. The number of hydrogen-bond acceptors (Lipinski definition) is 2. The number of ketones is 1. The summed E-state index contributed by atoms with van der Waals surface area (Å²) in [6.45, 7) is 3.46. The van der Waals surface area contributed by atoms with Gasteiger partial charge in [-0.3, -0.25) is 4.79 Å². The van der Waals surface area contributed by atoms with Crippen molar-refractivity contribution >= 4 is 5.78 Å². The highest BCUT2D eigenvalue weighted by Gasteiger charge is 2.09. The van der Waals surface area contributed by atoms with E-state index in [9.17, 15) is 9.18 Å². The highest BCUT2D eigenvalue weighted by atomic mass is 19.1. The Bertz CT molecular complexity index is 605. The molecular weight excluding hydrogens is 243 g/mol.